The summed E-state index contributed by atoms with van der Waals surface area (Å²) in [4.78, 5) is 35.8. The summed E-state index contributed by atoms with van der Waals surface area (Å²) in [5.74, 6) is 5.00. The Hall–Kier alpha value is -4.30. The van der Waals surface area contributed by atoms with Crippen molar-refractivity contribution < 1.29 is 24.2 Å². The number of aromatic nitrogens is 2. The van der Waals surface area contributed by atoms with Crippen LogP contribution in [0.25, 0.3) is 0 Å². The van der Waals surface area contributed by atoms with Gasteiger partial charge in [-0.15, -0.1) is 0 Å². The first-order chi connectivity index (χ1) is 20.2. The molecule has 0 saturated heterocycles. The Morgan fingerprint density at radius 1 is 1.12 bits per heavy atom. The van der Waals surface area contributed by atoms with Crippen LogP contribution in [0.2, 0.25) is 0 Å². The molecule has 10 heteroatoms. The average Bonchev–Trinajstić information content (AvgIpc) is 3.79. The summed E-state index contributed by atoms with van der Waals surface area (Å²) in [6.07, 6.45) is 3.33. The summed E-state index contributed by atoms with van der Waals surface area (Å²) < 4.78 is 11.8. The van der Waals surface area contributed by atoms with Gasteiger partial charge in [0.25, 0.3) is 0 Å². The molecule has 42 heavy (non-hydrogen) atoms. The SMILES string of the molecule is CCC[N+]1(CC2CC2)c2cc(C#Cc3ccccc3)cc(Cc3cnc(N)nc3N)c2C(=O)C(OC)(C(=O)O)C1OC. The van der Waals surface area contributed by atoms with Gasteiger partial charge in [-0.05, 0) is 43.0 Å². The summed E-state index contributed by atoms with van der Waals surface area (Å²) in [6, 6.07) is 13.3. The highest BCUT2D eigenvalue weighted by molar-refractivity contribution is 6.20. The first-order valence-electron chi connectivity index (χ1n) is 14.0. The van der Waals surface area contributed by atoms with E-state index in [1.807, 2.05) is 49.4 Å². The third kappa shape index (κ3) is 5.00. The van der Waals surface area contributed by atoms with Crippen molar-refractivity contribution in [3.63, 3.8) is 0 Å². The Labute approximate surface area is 245 Å². The highest BCUT2D eigenvalue weighted by Gasteiger charge is 2.69. The largest absolute Gasteiger partial charge is 0.478 e. The highest BCUT2D eigenvalue weighted by atomic mass is 16.6. The smallest absolute Gasteiger partial charge is 0.353 e. The Morgan fingerprint density at radius 2 is 1.83 bits per heavy atom. The third-order valence-corrected chi connectivity index (χ3v) is 8.23. The predicted octanol–water partition coefficient (Wildman–Crippen LogP) is 3.40. The number of benzene rings is 2. The van der Waals surface area contributed by atoms with Crippen LogP contribution in [-0.2, 0) is 20.7 Å². The van der Waals surface area contributed by atoms with E-state index in [0.29, 0.717) is 47.8 Å². The second kappa shape index (κ2) is 11.5. The normalized spacial score (nSPS) is 23.1. The maximum atomic E-state index is 14.5. The number of anilines is 2. The van der Waals surface area contributed by atoms with Crippen molar-refractivity contribution >= 4 is 29.2 Å². The number of hydrogen-bond donors (Lipinski definition) is 3. The number of ether oxygens (including phenoxy) is 2. The van der Waals surface area contributed by atoms with Gasteiger partial charge in [-0.25, -0.2) is 9.78 Å². The van der Waals surface area contributed by atoms with Gasteiger partial charge in [-0.2, -0.15) is 4.98 Å². The molecule has 3 atom stereocenters. The zero-order chi connectivity index (χ0) is 30.1. The van der Waals surface area contributed by atoms with Crippen LogP contribution in [0.4, 0.5) is 17.5 Å². The fraction of sp³-hybridized carbons (Fsp3) is 0.375. The van der Waals surface area contributed by atoms with Crippen molar-refractivity contribution in [2.24, 2.45) is 5.92 Å². The average molecular weight is 571 g/mol. The number of fused-ring (bicyclic) bond motifs is 1. The molecule has 1 aliphatic carbocycles. The number of hydrogen-bond acceptors (Lipinski definition) is 8. The van der Waals surface area contributed by atoms with Crippen LogP contribution in [0.5, 0.6) is 0 Å². The Balaban J connectivity index is 1.83. The third-order valence-electron chi connectivity index (χ3n) is 8.23. The van der Waals surface area contributed by atoms with Crippen molar-refractivity contribution in [3.05, 3.63) is 76.5 Å². The lowest BCUT2D eigenvalue weighted by molar-refractivity contribution is -0.191. The maximum absolute atomic E-state index is 14.5. The molecule has 218 valence electrons. The quantitative estimate of drug-likeness (QED) is 0.200. The van der Waals surface area contributed by atoms with Crippen LogP contribution in [0, 0.1) is 17.8 Å². The van der Waals surface area contributed by atoms with E-state index in [4.69, 9.17) is 20.9 Å². The number of nitrogens with zero attached hydrogens (tertiary/aromatic N) is 3. The van der Waals surface area contributed by atoms with Gasteiger partial charge in [0.2, 0.25) is 18.0 Å². The number of ketones is 1. The molecule has 5 N–H and O–H groups in total. The zero-order valence-electron chi connectivity index (χ0n) is 24.1. The Bertz CT molecular complexity index is 1580. The number of nitrogens with two attached hydrogens (primary N) is 2. The van der Waals surface area contributed by atoms with Crippen LogP contribution >= 0.6 is 0 Å². The molecule has 2 aliphatic rings. The van der Waals surface area contributed by atoms with E-state index >= 15 is 0 Å². The molecule has 0 amide bonds. The number of carbonyl (C=O) groups excluding carboxylic acids is 1. The first kappa shape index (κ1) is 29.2. The topological polar surface area (TPSA) is 151 Å². The molecular formula is C32H36N5O5+. The lowest BCUT2D eigenvalue weighted by Gasteiger charge is -2.52. The molecular weight excluding hydrogens is 534 g/mol. The number of aliphatic carboxylic acids is 1. The number of nitrogen functional groups attached to an aromatic ring is 2. The van der Waals surface area contributed by atoms with E-state index in [0.717, 1.165) is 18.4 Å². The maximum Gasteiger partial charge on any atom is 0.353 e. The van der Waals surface area contributed by atoms with E-state index in [2.05, 4.69) is 21.8 Å². The van der Waals surface area contributed by atoms with Crippen molar-refractivity contribution in [2.75, 3.05) is 38.8 Å². The van der Waals surface area contributed by atoms with Gasteiger partial charge in [0.05, 0.1) is 18.7 Å². The van der Waals surface area contributed by atoms with Gasteiger partial charge in [-0.3, -0.25) is 9.28 Å². The van der Waals surface area contributed by atoms with E-state index in [1.54, 1.807) is 0 Å². The van der Waals surface area contributed by atoms with Gasteiger partial charge in [-0.1, -0.05) is 37.0 Å². The molecule has 0 spiro atoms. The van der Waals surface area contributed by atoms with E-state index < -0.39 is 23.6 Å². The number of quaternary nitrogens is 1. The summed E-state index contributed by atoms with van der Waals surface area (Å²) in [5.41, 5.74) is 13.3. The van der Waals surface area contributed by atoms with Gasteiger partial charge >= 0.3 is 11.6 Å². The van der Waals surface area contributed by atoms with Gasteiger partial charge in [0.1, 0.15) is 11.5 Å². The number of Topliss-reactive ketones (excluding diaryl/α,β-unsaturated/α-hetero) is 1. The van der Waals surface area contributed by atoms with Gasteiger partial charge < -0.3 is 26.0 Å². The molecule has 1 saturated carbocycles. The Morgan fingerprint density at radius 3 is 2.43 bits per heavy atom. The molecule has 3 aromatic rings. The number of rotatable bonds is 9. The molecule has 0 bridgehead atoms. The molecule has 1 aromatic heterocycles. The fourth-order valence-corrected chi connectivity index (χ4v) is 6.26. The highest BCUT2D eigenvalue weighted by Crippen LogP contribution is 2.49. The fourth-order valence-electron chi connectivity index (χ4n) is 6.26. The summed E-state index contributed by atoms with van der Waals surface area (Å²) in [6.45, 7) is 3.18. The molecule has 2 heterocycles. The first-order valence-corrected chi connectivity index (χ1v) is 14.0. The van der Waals surface area contributed by atoms with Crippen molar-refractivity contribution in [1.29, 1.82) is 0 Å². The minimum absolute atomic E-state index is 0.0344. The lowest BCUT2D eigenvalue weighted by Crippen LogP contribution is -2.76. The second-order valence-electron chi connectivity index (χ2n) is 11.0. The number of carboxylic acid groups (broad SMARTS) is 1. The van der Waals surface area contributed by atoms with Crippen molar-refractivity contribution in [3.8, 4) is 11.8 Å². The number of carboxylic acids is 1. The standard InChI is InChI=1S/C32H35N5O5/c1-4-14-37(19-21-11-12-21)25-16-22(13-10-20-8-6-5-7-9-20)15-23(17-24-18-35-31(34)36-28(24)33)26(25)27(38)32(42-3,30(39)40)29(37)41-2/h5-9,15-16,18,21,29H,4,11-12,14,17,19H2,1-3H3,(H4-,33,34,35,36,39,40)/p+1. The predicted molar refractivity (Wildman–Crippen MR) is 160 cm³/mol. The van der Waals surface area contributed by atoms with Crippen LogP contribution < -0.4 is 16.0 Å². The van der Waals surface area contributed by atoms with Crippen molar-refractivity contribution in [2.45, 2.75) is 44.4 Å². The second-order valence-corrected chi connectivity index (χ2v) is 11.0. The van der Waals surface area contributed by atoms with Crippen LogP contribution in [-0.4, -0.2) is 66.0 Å². The summed E-state index contributed by atoms with van der Waals surface area (Å²) >= 11 is 0. The number of methoxy groups -OCH3 is 2. The van der Waals surface area contributed by atoms with Crippen molar-refractivity contribution in [1.82, 2.24) is 14.5 Å². The lowest BCUT2D eigenvalue weighted by atomic mass is 9.78. The van der Waals surface area contributed by atoms with Crippen LogP contribution in [0.1, 0.15) is 58.8 Å². The minimum atomic E-state index is -2.26. The van der Waals surface area contributed by atoms with Crippen LogP contribution in [0.15, 0.2) is 48.7 Å². The zero-order valence-corrected chi connectivity index (χ0v) is 24.1. The molecule has 10 nitrogen and oxygen atoms in total. The van der Waals surface area contributed by atoms with E-state index in [9.17, 15) is 14.7 Å². The van der Waals surface area contributed by atoms with E-state index in [1.165, 1.54) is 20.4 Å². The molecule has 2 aromatic carbocycles. The molecule has 0 radical (unpaired) electrons. The number of carbonyl (C=O) groups is 2. The van der Waals surface area contributed by atoms with E-state index in [-0.39, 0.29) is 28.2 Å². The summed E-state index contributed by atoms with van der Waals surface area (Å²) in [5, 5.41) is 10.6. The minimum Gasteiger partial charge on any atom is -0.478 e. The van der Waals surface area contributed by atoms with Gasteiger partial charge in [0, 0.05) is 55.5 Å². The monoisotopic (exact) mass is 570 g/mol. The molecule has 1 aliphatic heterocycles. The van der Waals surface area contributed by atoms with Crippen LogP contribution in [0.3, 0.4) is 0 Å². The van der Waals surface area contributed by atoms with Gasteiger partial charge in [0.15, 0.2) is 0 Å². The molecule has 1 fully saturated rings. The Kier molecular flexibility index (Phi) is 8.01. The molecule has 3 unspecified atom stereocenters. The molecule has 5 rings (SSSR count). The summed E-state index contributed by atoms with van der Waals surface area (Å²) in [7, 11) is 2.70.